The van der Waals surface area contributed by atoms with E-state index in [2.05, 4.69) is 10.6 Å². The molecule has 1 atom stereocenters. The van der Waals surface area contributed by atoms with E-state index in [1.54, 1.807) is 6.92 Å². The zero-order valence-corrected chi connectivity index (χ0v) is 10.3. The minimum Gasteiger partial charge on any atom is -0.480 e. The maximum absolute atomic E-state index is 12.9. The first-order valence-electron chi connectivity index (χ1n) is 5.19. The van der Waals surface area contributed by atoms with Gasteiger partial charge in [-0.25, -0.2) is 14.0 Å². The number of rotatable bonds is 4. The van der Waals surface area contributed by atoms with Crippen molar-refractivity contribution >= 4 is 29.3 Å². The van der Waals surface area contributed by atoms with Gasteiger partial charge in [0, 0.05) is 0 Å². The van der Waals surface area contributed by atoms with Crippen molar-refractivity contribution in [2.75, 3.05) is 5.32 Å². The number of hydrogen-bond donors (Lipinski definition) is 3. The Bertz CT molecular complexity index is 468. The third kappa shape index (κ3) is 3.89. The van der Waals surface area contributed by atoms with Crippen molar-refractivity contribution in [3.63, 3.8) is 0 Å². The number of amides is 2. The number of hydrogen-bond acceptors (Lipinski definition) is 2. The fraction of sp³-hybridized carbons (Fsp3) is 0.273. The van der Waals surface area contributed by atoms with Crippen molar-refractivity contribution in [3.8, 4) is 0 Å². The summed E-state index contributed by atoms with van der Waals surface area (Å²) < 4.78 is 12.9. The summed E-state index contributed by atoms with van der Waals surface area (Å²) in [7, 11) is 0. The molecule has 0 spiro atoms. The van der Waals surface area contributed by atoms with Crippen molar-refractivity contribution in [3.05, 3.63) is 29.0 Å². The highest BCUT2D eigenvalue weighted by atomic mass is 35.5. The highest BCUT2D eigenvalue weighted by molar-refractivity contribution is 6.33. The lowest BCUT2D eigenvalue weighted by molar-refractivity contribution is -0.139. The van der Waals surface area contributed by atoms with Crippen molar-refractivity contribution in [2.45, 2.75) is 19.4 Å². The Morgan fingerprint density at radius 3 is 2.72 bits per heavy atom. The highest BCUT2D eigenvalue weighted by Crippen LogP contribution is 2.22. The second-order valence-corrected chi connectivity index (χ2v) is 3.93. The minimum absolute atomic E-state index is 0.0782. The molecule has 1 aromatic carbocycles. The number of anilines is 1. The Balaban J connectivity index is 2.70. The van der Waals surface area contributed by atoms with Gasteiger partial charge < -0.3 is 15.7 Å². The van der Waals surface area contributed by atoms with Gasteiger partial charge in [-0.05, 0) is 24.6 Å². The molecular weight excluding hydrogens is 263 g/mol. The lowest BCUT2D eigenvalue weighted by Crippen LogP contribution is -2.42. The lowest BCUT2D eigenvalue weighted by atomic mass is 10.2. The van der Waals surface area contributed by atoms with Crippen LogP contribution in [0, 0.1) is 5.82 Å². The maximum Gasteiger partial charge on any atom is 0.326 e. The molecule has 0 saturated heterocycles. The summed E-state index contributed by atoms with van der Waals surface area (Å²) in [5.74, 6) is -1.70. The van der Waals surface area contributed by atoms with E-state index in [1.165, 1.54) is 6.07 Å². The van der Waals surface area contributed by atoms with E-state index in [4.69, 9.17) is 16.7 Å². The zero-order valence-electron chi connectivity index (χ0n) is 9.54. The van der Waals surface area contributed by atoms with Gasteiger partial charge in [-0.15, -0.1) is 0 Å². The Labute approximate surface area is 108 Å². The molecule has 0 radical (unpaired) electrons. The summed E-state index contributed by atoms with van der Waals surface area (Å²) in [4.78, 5) is 22.2. The molecule has 3 N–H and O–H groups in total. The summed E-state index contributed by atoms with van der Waals surface area (Å²) in [6.45, 7) is 1.62. The second-order valence-electron chi connectivity index (χ2n) is 3.52. The SMILES string of the molecule is CC[C@H](NC(=O)Nc1cc(F)ccc1Cl)C(=O)O. The van der Waals surface area contributed by atoms with Crippen LogP contribution in [0.1, 0.15) is 13.3 Å². The Morgan fingerprint density at radius 1 is 1.50 bits per heavy atom. The van der Waals surface area contributed by atoms with E-state index in [9.17, 15) is 14.0 Å². The summed E-state index contributed by atoms with van der Waals surface area (Å²) in [6, 6.07) is 1.73. The fourth-order valence-corrected chi connectivity index (χ4v) is 1.41. The van der Waals surface area contributed by atoms with Gasteiger partial charge in [-0.2, -0.15) is 0 Å². The monoisotopic (exact) mass is 274 g/mol. The van der Waals surface area contributed by atoms with Gasteiger partial charge in [-0.3, -0.25) is 0 Å². The molecule has 0 fully saturated rings. The molecule has 5 nitrogen and oxygen atoms in total. The van der Waals surface area contributed by atoms with Crippen LogP contribution in [-0.2, 0) is 4.79 Å². The topological polar surface area (TPSA) is 78.4 Å². The van der Waals surface area contributed by atoms with Crippen LogP contribution in [0.15, 0.2) is 18.2 Å². The van der Waals surface area contributed by atoms with Crippen LogP contribution in [0.3, 0.4) is 0 Å². The normalized spacial score (nSPS) is 11.7. The largest absolute Gasteiger partial charge is 0.480 e. The Hall–Kier alpha value is -1.82. The summed E-state index contributed by atoms with van der Waals surface area (Å²) in [6.07, 6.45) is 0.236. The Kier molecular flexibility index (Phi) is 4.91. The van der Waals surface area contributed by atoms with Gasteiger partial charge in [0.15, 0.2) is 0 Å². The molecule has 0 aliphatic carbocycles. The van der Waals surface area contributed by atoms with E-state index >= 15 is 0 Å². The van der Waals surface area contributed by atoms with Crippen LogP contribution in [0.2, 0.25) is 5.02 Å². The quantitative estimate of drug-likeness (QED) is 0.789. The first kappa shape index (κ1) is 14.2. The number of benzene rings is 1. The number of nitrogens with one attached hydrogen (secondary N) is 2. The smallest absolute Gasteiger partial charge is 0.326 e. The molecule has 2 amide bonds. The van der Waals surface area contributed by atoms with E-state index in [1.807, 2.05) is 0 Å². The molecule has 98 valence electrons. The fourth-order valence-electron chi connectivity index (χ4n) is 1.25. The first-order chi connectivity index (χ1) is 8.43. The van der Waals surface area contributed by atoms with E-state index < -0.39 is 23.9 Å². The highest BCUT2D eigenvalue weighted by Gasteiger charge is 2.17. The predicted molar refractivity (Wildman–Crippen MR) is 65.3 cm³/mol. The lowest BCUT2D eigenvalue weighted by Gasteiger charge is -2.13. The van der Waals surface area contributed by atoms with Crippen LogP contribution in [0.4, 0.5) is 14.9 Å². The average Bonchev–Trinajstić information content (AvgIpc) is 2.30. The molecule has 1 aromatic rings. The van der Waals surface area contributed by atoms with Crippen molar-refractivity contribution in [2.24, 2.45) is 0 Å². The van der Waals surface area contributed by atoms with E-state index in [0.717, 1.165) is 12.1 Å². The molecule has 0 bridgehead atoms. The van der Waals surface area contributed by atoms with Crippen LogP contribution in [-0.4, -0.2) is 23.1 Å². The van der Waals surface area contributed by atoms with Crippen LogP contribution in [0.5, 0.6) is 0 Å². The minimum atomic E-state index is -1.14. The van der Waals surface area contributed by atoms with Gasteiger partial charge in [0.25, 0.3) is 0 Å². The molecule has 0 saturated carbocycles. The Morgan fingerprint density at radius 2 is 2.17 bits per heavy atom. The molecule has 1 rings (SSSR count). The summed E-state index contributed by atoms with van der Waals surface area (Å²) in [5, 5.41) is 13.4. The summed E-state index contributed by atoms with van der Waals surface area (Å²) >= 11 is 5.75. The van der Waals surface area contributed by atoms with Gasteiger partial charge in [0.1, 0.15) is 11.9 Å². The number of urea groups is 1. The van der Waals surface area contributed by atoms with Crippen LogP contribution >= 0.6 is 11.6 Å². The first-order valence-corrected chi connectivity index (χ1v) is 5.57. The van der Waals surface area contributed by atoms with Gasteiger partial charge in [0.05, 0.1) is 10.7 Å². The molecule has 0 aliphatic heterocycles. The predicted octanol–water partition coefficient (Wildman–Crippen LogP) is 2.46. The molecule has 0 unspecified atom stereocenters. The van der Waals surface area contributed by atoms with Crippen molar-refractivity contribution in [1.29, 1.82) is 0 Å². The number of aliphatic carboxylic acids is 1. The van der Waals surface area contributed by atoms with Crippen LogP contribution < -0.4 is 10.6 Å². The third-order valence-electron chi connectivity index (χ3n) is 2.19. The molecule has 0 heterocycles. The van der Waals surface area contributed by atoms with E-state index in [0.29, 0.717) is 0 Å². The standard InChI is InChI=1S/C11H12ClFN2O3/c1-2-8(10(16)17)14-11(18)15-9-5-6(13)3-4-7(9)12/h3-5,8H,2H2,1H3,(H,16,17)(H2,14,15,18)/t8-/m0/s1. The second kappa shape index (κ2) is 6.20. The number of carbonyl (C=O) groups is 2. The summed E-state index contributed by atoms with van der Waals surface area (Å²) in [5.41, 5.74) is 0.0782. The van der Waals surface area contributed by atoms with Crippen molar-refractivity contribution in [1.82, 2.24) is 5.32 Å². The number of halogens is 2. The molecule has 18 heavy (non-hydrogen) atoms. The van der Waals surface area contributed by atoms with Gasteiger partial charge >= 0.3 is 12.0 Å². The number of carboxylic acids is 1. The van der Waals surface area contributed by atoms with E-state index in [-0.39, 0.29) is 17.1 Å². The van der Waals surface area contributed by atoms with Crippen molar-refractivity contribution < 1.29 is 19.1 Å². The number of carbonyl (C=O) groups excluding carboxylic acids is 1. The molecule has 0 aliphatic rings. The molecule has 0 aromatic heterocycles. The molecule has 7 heteroatoms. The third-order valence-corrected chi connectivity index (χ3v) is 2.52. The van der Waals surface area contributed by atoms with Crippen LogP contribution in [0.25, 0.3) is 0 Å². The van der Waals surface area contributed by atoms with Gasteiger partial charge in [-0.1, -0.05) is 18.5 Å². The zero-order chi connectivity index (χ0) is 13.7. The van der Waals surface area contributed by atoms with Gasteiger partial charge in [0.2, 0.25) is 0 Å². The average molecular weight is 275 g/mol. The maximum atomic E-state index is 12.9. The number of carboxylic acid groups (broad SMARTS) is 1. The molecular formula is C11H12ClFN2O3.